The van der Waals surface area contributed by atoms with Gasteiger partial charge in [-0.25, -0.2) is 9.59 Å². The lowest BCUT2D eigenvalue weighted by molar-refractivity contribution is -0.130. The number of hydrogen-bond acceptors (Lipinski definition) is 9. The molecule has 2 heterocycles. The van der Waals surface area contributed by atoms with E-state index in [0.717, 1.165) is 11.1 Å². The summed E-state index contributed by atoms with van der Waals surface area (Å²) in [6, 6.07) is 15.9. The van der Waals surface area contributed by atoms with E-state index in [1.54, 1.807) is 48.5 Å². The number of carbonyl (C=O) groups is 7. The predicted molar refractivity (Wildman–Crippen MR) is 171 cm³/mol. The van der Waals surface area contributed by atoms with Crippen molar-refractivity contribution >= 4 is 52.8 Å². The van der Waals surface area contributed by atoms with Gasteiger partial charge in [-0.1, -0.05) is 60.7 Å². The van der Waals surface area contributed by atoms with Crippen LogP contribution in [0.25, 0.3) is 11.1 Å². The van der Waals surface area contributed by atoms with Crippen LogP contribution < -0.4 is 10.6 Å². The van der Waals surface area contributed by atoms with E-state index in [1.807, 2.05) is 12.1 Å². The normalized spacial score (nSPS) is 16.3. The fraction of sp³-hybridized carbons (Fsp3) is 0.364. The molecule has 4 rings (SSSR count). The highest BCUT2D eigenvalue weighted by Crippen LogP contribution is 2.20. The Balaban J connectivity index is 1.26. The van der Waals surface area contributed by atoms with Gasteiger partial charge in [-0.15, -0.1) is 0 Å². The number of Topliss-reactive ketones (excluding diaryl/α,β-unsaturated/α-hetero) is 3. The summed E-state index contributed by atoms with van der Waals surface area (Å²) in [5.74, 6) is -5.53. The quantitative estimate of drug-likeness (QED) is 0.124. The van der Waals surface area contributed by atoms with Crippen LogP contribution in [0.15, 0.2) is 60.7 Å². The summed E-state index contributed by atoms with van der Waals surface area (Å²) in [7, 11) is 0. The molecule has 2 saturated heterocycles. The van der Waals surface area contributed by atoms with Crippen LogP contribution in [0.3, 0.4) is 0 Å². The van der Waals surface area contributed by atoms with Crippen molar-refractivity contribution in [1.29, 1.82) is 0 Å². The fourth-order valence-electron chi connectivity index (χ4n) is 5.43. The number of nitrogens with zero attached hydrogens (tertiary/aromatic N) is 6. The molecule has 2 aliphatic heterocycles. The minimum Gasteiger partial charge on any atom is -0.445 e. The highest BCUT2D eigenvalue weighted by atomic mass is 16.6. The highest BCUT2D eigenvalue weighted by Gasteiger charge is 2.43. The molecule has 4 amide bonds. The van der Waals surface area contributed by atoms with E-state index >= 15 is 0 Å². The second-order valence-corrected chi connectivity index (χ2v) is 11.3. The standard InChI is InChI=1S/C33H34N8O9/c34-38-27(25(42)17-36-30(45)23-13-7-15-40(23)32(47)49-19-21-9-3-1-4-10-21)29(44)28(39-35)26(43)18-37-31(46)24-14-8-16-41(24)33(48)50-20-22-11-5-2-6-12-22/h1-6,9-12,23-24H,7-8,13-20H2,(H,36,45)(H,37,46)/t23-,24-/m0/s1. The lowest BCUT2D eigenvalue weighted by Gasteiger charge is -2.23. The maximum atomic E-state index is 12.9. The Kier molecular flexibility index (Phi) is 13.0. The van der Waals surface area contributed by atoms with Gasteiger partial charge in [0.1, 0.15) is 25.3 Å². The molecular formula is C33H34N8O9. The Morgan fingerprint density at radius 2 is 1.02 bits per heavy atom. The summed E-state index contributed by atoms with van der Waals surface area (Å²) in [4.78, 5) is 97.0. The minimum absolute atomic E-state index is 0.0125. The number of amides is 4. The summed E-state index contributed by atoms with van der Waals surface area (Å²) in [6.07, 6.45) is 0.0539. The van der Waals surface area contributed by atoms with Crippen molar-refractivity contribution in [3.05, 3.63) is 82.9 Å². The van der Waals surface area contributed by atoms with Crippen LogP contribution in [-0.2, 0) is 46.7 Å². The Bertz CT molecular complexity index is 1610. The lowest BCUT2D eigenvalue weighted by Crippen LogP contribution is -2.50. The summed E-state index contributed by atoms with van der Waals surface area (Å²) >= 11 is 0. The molecule has 0 unspecified atom stereocenters. The van der Waals surface area contributed by atoms with Crippen LogP contribution >= 0.6 is 0 Å². The molecule has 2 aromatic rings. The van der Waals surface area contributed by atoms with Crippen LogP contribution in [0.2, 0.25) is 0 Å². The van der Waals surface area contributed by atoms with Crippen molar-refractivity contribution in [3.8, 4) is 0 Å². The molecule has 260 valence electrons. The van der Waals surface area contributed by atoms with Crippen molar-refractivity contribution in [1.82, 2.24) is 20.4 Å². The van der Waals surface area contributed by atoms with Gasteiger partial charge in [0.05, 0.1) is 13.1 Å². The zero-order valence-corrected chi connectivity index (χ0v) is 26.9. The van der Waals surface area contributed by atoms with Crippen LogP contribution in [0.1, 0.15) is 36.8 Å². The van der Waals surface area contributed by atoms with E-state index in [1.165, 1.54) is 9.80 Å². The van der Waals surface area contributed by atoms with Gasteiger partial charge in [-0.05, 0) is 36.8 Å². The maximum Gasteiger partial charge on any atom is 0.414 e. The van der Waals surface area contributed by atoms with Crippen molar-refractivity contribution in [3.63, 3.8) is 0 Å². The summed E-state index contributed by atoms with van der Waals surface area (Å²) in [5, 5.41) is 4.55. The number of rotatable bonds is 14. The first-order valence-electron chi connectivity index (χ1n) is 15.7. The molecule has 17 heteroatoms. The van der Waals surface area contributed by atoms with E-state index in [9.17, 15) is 44.6 Å². The molecule has 0 spiro atoms. The zero-order chi connectivity index (χ0) is 36.0. The van der Waals surface area contributed by atoms with Crippen molar-refractivity contribution in [2.45, 2.75) is 51.0 Å². The molecule has 0 bridgehead atoms. The first-order valence-corrected chi connectivity index (χ1v) is 15.7. The zero-order valence-electron chi connectivity index (χ0n) is 26.9. The molecule has 2 aromatic carbocycles. The predicted octanol–water partition coefficient (Wildman–Crippen LogP) is 0.870. The largest absolute Gasteiger partial charge is 0.445 e. The smallest absolute Gasteiger partial charge is 0.414 e. The van der Waals surface area contributed by atoms with E-state index < -0.39 is 77.9 Å². The number of nitrogens with one attached hydrogen (secondary N) is 2. The van der Waals surface area contributed by atoms with E-state index in [0.29, 0.717) is 12.8 Å². The third kappa shape index (κ3) is 9.40. The molecule has 0 radical (unpaired) electrons. The third-order valence-corrected chi connectivity index (χ3v) is 7.99. The molecule has 2 aliphatic rings. The summed E-state index contributed by atoms with van der Waals surface area (Å²) < 4.78 is 10.6. The van der Waals surface area contributed by atoms with Gasteiger partial charge in [0, 0.05) is 13.1 Å². The topological polar surface area (TPSA) is 241 Å². The van der Waals surface area contributed by atoms with Crippen LogP contribution in [0, 0.1) is 0 Å². The SMILES string of the molecule is [N-]=[N+]=C(C(=O)CNC(=O)[C@@H]1CCCN1C(=O)OCc1ccccc1)C(=O)C(=[N+]=[N-])C(=O)CNC(=O)[C@@H]1CCCN1C(=O)OCc1ccccc1. The first kappa shape index (κ1) is 36.5. The Morgan fingerprint density at radius 1 is 0.640 bits per heavy atom. The number of carbonyl (C=O) groups excluding carboxylic acids is 7. The molecule has 0 aliphatic carbocycles. The summed E-state index contributed by atoms with van der Waals surface area (Å²) in [5.41, 5.74) is 17.8. The Hall–Kier alpha value is -6.31. The van der Waals surface area contributed by atoms with Gasteiger partial charge in [0.25, 0.3) is 11.6 Å². The maximum absolute atomic E-state index is 12.9. The highest BCUT2D eigenvalue weighted by molar-refractivity contribution is 6.87. The second kappa shape index (κ2) is 17.7. The first-order chi connectivity index (χ1) is 24.1. The summed E-state index contributed by atoms with van der Waals surface area (Å²) in [6.45, 7) is -1.30. The van der Waals surface area contributed by atoms with Gasteiger partial charge in [-0.3, -0.25) is 33.8 Å². The number of likely N-dealkylation sites (tertiary alicyclic amines) is 2. The molecular weight excluding hydrogens is 652 g/mol. The number of hydrogen-bond donors (Lipinski definition) is 2. The van der Waals surface area contributed by atoms with Gasteiger partial charge in [-0.2, -0.15) is 9.58 Å². The van der Waals surface area contributed by atoms with Crippen molar-refractivity contribution in [2.24, 2.45) is 0 Å². The Labute approximate surface area is 285 Å². The second-order valence-electron chi connectivity index (χ2n) is 11.3. The minimum atomic E-state index is -1.58. The van der Waals surface area contributed by atoms with E-state index in [4.69, 9.17) is 9.47 Å². The van der Waals surface area contributed by atoms with Crippen molar-refractivity contribution in [2.75, 3.05) is 26.2 Å². The van der Waals surface area contributed by atoms with Gasteiger partial charge >= 0.3 is 29.4 Å². The number of ketones is 3. The van der Waals surface area contributed by atoms with E-state index in [2.05, 4.69) is 20.2 Å². The van der Waals surface area contributed by atoms with Crippen LogP contribution in [-0.4, -0.2) is 110 Å². The average Bonchev–Trinajstić information content (AvgIpc) is 3.84. The lowest BCUT2D eigenvalue weighted by atomic mass is 10.0. The van der Waals surface area contributed by atoms with Crippen LogP contribution in [0.4, 0.5) is 9.59 Å². The van der Waals surface area contributed by atoms with Crippen molar-refractivity contribution < 1.29 is 52.6 Å². The fourth-order valence-corrected chi connectivity index (χ4v) is 5.43. The molecule has 0 aromatic heterocycles. The molecule has 0 saturated carbocycles. The monoisotopic (exact) mass is 686 g/mol. The van der Waals surface area contributed by atoms with Gasteiger partial charge < -0.3 is 31.2 Å². The van der Waals surface area contributed by atoms with Gasteiger partial charge in [0.2, 0.25) is 11.8 Å². The molecule has 2 atom stereocenters. The van der Waals surface area contributed by atoms with Gasteiger partial charge in [0.15, 0.2) is 0 Å². The molecule has 17 nitrogen and oxygen atoms in total. The van der Waals surface area contributed by atoms with E-state index in [-0.39, 0.29) is 39.1 Å². The molecule has 50 heavy (non-hydrogen) atoms. The molecule has 2 N–H and O–H groups in total. The molecule has 2 fully saturated rings. The average molecular weight is 687 g/mol. The Morgan fingerprint density at radius 3 is 1.38 bits per heavy atom. The number of ether oxygens (including phenoxy) is 2. The third-order valence-electron chi connectivity index (χ3n) is 7.99. The number of benzene rings is 2. The van der Waals surface area contributed by atoms with Crippen LogP contribution in [0.5, 0.6) is 0 Å².